The van der Waals surface area contributed by atoms with Crippen LogP contribution in [-0.4, -0.2) is 73.7 Å². The van der Waals surface area contributed by atoms with Gasteiger partial charge in [0.05, 0.1) is 10.0 Å². The molecular weight excluding hydrogens is 1040 g/mol. The van der Waals surface area contributed by atoms with Crippen molar-refractivity contribution in [1.29, 1.82) is 0 Å². The quantitative estimate of drug-likeness (QED) is 0.0630. The number of esters is 2. The maximum atomic E-state index is 13.0. The van der Waals surface area contributed by atoms with Gasteiger partial charge in [0.1, 0.15) is 24.7 Å². The summed E-state index contributed by atoms with van der Waals surface area (Å²) in [6, 6.07) is 14.1. The minimum Gasteiger partial charge on any atom is -0.460 e. The SMILES string of the molecule is CC(C)(C)OC(=O)CC1CCC(N)CC1.CC(C)(C)OC(=O)CC1CCC(Nc2ccc3c(=O)n(COCC[Si](C)(C)C)cc(Cl)c3c2)CC1.C[Si](C)(C)CCOCn1cc(Cl)c2cc(Br)ccc2c1=O. The van der Waals surface area contributed by atoms with Crippen molar-refractivity contribution in [2.45, 2.75) is 194 Å². The lowest BCUT2D eigenvalue weighted by Gasteiger charge is -2.30. The van der Waals surface area contributed by atoms with Gasteiger partial charge in [-0.1, -0.05) is 78.4 Å². The lowest BCUT2D eigenvalue weighted by atomic mass is 9.84. The van der Waals surface area contributed by atoms with Crippen LogP contribution in [0.1, 0.15) is 106 Å². The van der Waals surface area contributed by atoms with Gasteiger partial charge in [0, 0.05) is 98.4 Å². The Morgan fingerprint density at radius 2 is 1.06 bits per heavy atom. The monoisotopic (exact) mass is 1120 g/mol. The molecule has 2 aliphatic rings. The van der Waals surface area contributed by atoms with Gasteiger partial charge in [-0.3, -0.25) is 28.3 Å². The molecule has 0 spiro atoms. The topological polar surface area (TPSA) is 153 Å². The van der Waals surface area contributed by atoms with E-state index in [0.29, 0.717) is 70.8 Å². The first-order chi connectivity index (χ1) is 32.9. The summed E-state index contributed by atoms with van der Waals surface area (Å²) in [5.74, 6) is 0.688. The molecule has 2 saturated carbocycles. The predicted octanol–water partition coefficient (Wildman–Crippen LogP) is 13.6. The van der Waals surface area contributed by atoms with Gasteiger partial charge >= 0.3 is 11.9 Å². The van der Waals surface area contributed by atoms with Crippen molar-refractivity contribution in [3.05, 3.63) is 84.0 Å². The molecule has 2 aromatic carbocycles. The highest BCUT2D eigenvalue weighted by Crippen LogP contribution is 2.32. The van der Waals surface area contributed by atoms with Crippen LogP contribution in [0.4, 0.5) is 5.69 Å². The van der Waals surface area contributed by atoms with Crippen LogP contribution in [0.25, 0.3) is 21.5 Å². The maximum Gasteiger partial charge on any atom is 0.306 e. The largest absolute Gasteiger partial charge is 0.460 e. The Labute approximate surface area is 443 Å². The number of ether oxygens (including phenoxy) is 4. The summed E-state index contributed by atoms with van der Waals surface area (Å²) in [6.07, 6.45) is 12.6. The van der Waals surface area contributed by atoms with Crippen LogP contribution in [-0.2, 0) is 42.0 Å². The average Bonchev–Trinajstić information content (AvgIpc) is 3.24. The zero-order valence-electron chi connectivity index (χ0n) is 44.6. The van der Waals surface area contributed by atoms with Crippen LogP contribution >= 0.6 is 39.1 Å². The fourth-order valence-electron chi connectivity index (χ4n) is 8.41. The minimum absolute atomic E-state index is 0.0667. The highest BCUT2D eigenvalue weighted by atomic mass is 79.9. The number of aromatic nitrogens is 2. The lowest BCUT2D eigenvalue weighted by Crippen LogP contribution is -2.29. The van der Waals surface area contributed by atoms with E-state index in [2.05, 4.69) is 60.5 Å². The molecule has 2 heterocycles. The molecule has 3 N–H and O–H groups in total. The Kier molecular flexibility index (Phi) is 23.0. The Hall–Kier alpha value is -3.03. The standard InChI is InChI=1S/C27H41ClN2O4Si.C15H19BrClNO2Si.C12H23NO2/c1-27(2,3)34-25(31)15-19-7-9-20(10-8-19)29-21-11-12-22-23(16-21)24(28)17-30(26(22)32)18-33-13-14-35(4,5)6;1-21(2,3)7-6-20-10-18-9-14(17)13-8-11(16)4-5-12(13)15(18)19;1-12(2,3)15-11(14)8-9-4-6-10(13)7-5-9/h11-12,16-17,19-20,29H,7-10,13-15,18H2,1-6H3;4-5,8-9H,6-7,10H2,1-3H3;9-10H,4-8,13H2,1-3H3. The highest BCUT2D eigenvalue weighted by Gasteiger charge is 2.27. The van der Waals surface area contributed by atoms with E-state index in [9.17, 15) is 19.2 Å². The van der Waals surface area contributed by atoms with Crippen molar-refractivity contribution in [3.8, 4) is 0 Å². The summed E-state index contributed by atoms with van der Waals surface area (Å²) >= 11 is 16.2. The zero-order chi connectivity index (χ0) is 52.9. The number of anilines is 1. The van der Waals surface area contributed by atoms with E-state index in [-0.39, 0.29) is 42.1 Å². The van der Waals surface area contributed by atoms with Crippen LogP contribution in [0.5, 0.6) is 0 Å². The smallest absolute Gasteiger partial charge is 0.306 e. The summed E-state index contributed by atoms with van der Waals surface area (Å²) in [5, 5.41) is 7.41. The van der Waals surface area contributed by atoms with Crippen molar-refractivity contribution in [2.24, 2.45) is 17.6 Å². The second kappa shape index (κ2) is 27.0. The van der Waals surface area contributed by atoms with Gasteiger partial charge in [-0.25, -0.2) is 0 Å². The molecule has 4 aromatic rings. The fraction of sp³-hybridized carbons (Fsp3) is 0.630. The zero-order valence-corrected chi connectivity index (χ0v) is 49.7. The number of nitrogens with zero attached hydrogens (tertiary/aromatic N) is 2. The second-order valence-electron chi connectivity index (χ2n) is 23.9. The minimum atomic E-state index is -1.17. The number of benzene rings is 2. The van der Waals surface area contributed by atoms with Crippen LogP contribution in [0, 0.1) is 11.8 Å². The number of pyridine rings is 2. The number of hydrogen-bond acceptors (Lipinski definition) is 10. The molecule has 0 aliphatic heterocycles. The molecule has 2 fully saturated rings. The lowest BCUT2D eigenvalue weighted by molar-refractivity contribution is -0.157. The summed E-state index contributed by atoms with van der Waals surface area (Å²) in [6.45, 7) is 27.0. The molecule has 0 bridgehead atoms. The van der Waals surface area contributed by atoms with Crippen molar-refractivity contribution in [1.82, 2.24) is 9.13 Å². The number of fused-ring (bicyclic) bond motifs is 2. The van der Waals surface area contributed by atoms with Gasteiger partial charge in [0.15, 0.2) is 0 Å². The summed E-state index contributed by atoms with van der Waals surface area (Å²) < 4.78 is 26.1. The molecule has 0 radical (unpaired) electrons. The maximum absolute atomic E-state index is 13.0. The van der Waals surface area contributed by atoms with Crippen LogP contribution < -0.4 is 22.2 Å². The van der Waals surface area contributed by atoms with Crippen LogP contribution in [0.2, 0.25) is 61.4 Å². The van der Waals surface area contributed by atoms with E-state index >= 15 is 0 Å². The molecule has 0 amide bonds. The van der Waals surface area contributed by atoms with E-state index in [1.165, 1.54) is 4.57 Å². The van der Waals surface area contributed by atoms with Crippen LogP contribution in [0.3, 0.4) is 0 Å². The van der Waals surface area contributed by atoms with E-state index in [1.54, 1.807) is 23.0 Å². The summed E-state index contributed by atoms with van der Waals surface area (Å²) in [7, 11) is -2.29. The van der Waals surface area contributed by atoms with E-state index in [4.69, 9.17) is 47.9 Å². The van der Waals surface area contributed by atoms with Crippen LogP contribution in [0.15, 0.2) is 62.9 Å². The first-order valence-electron chi connectivity index (χ1n) is 25.4. The number of nitrogens with one attached hydrogen (secondary N) is 1. The van der Waals surface area contributed by atoms with Gasteiger partial charge in [0.25, 0.3) is 11.1 Å². The van der Waals surface area contributed by atoms with E-state index in [1.807, 2.05) is 71.9 Å². The van der Waals surface area contributed by atoms with Crippen molar-refractivity contribution in [2.75, 3.05) is 18.5 Å². The number of hydrogen-bond donors (Lipinski definition) is 2. The van der Waals surface area contributed by atoms with Gasteiger partial charge in [-0.2, -0.15) is 0 Å². The number of nitrogens with two attached hydrogens (primary N) is 1. The first kappa shape index (κ1) is 60.5. The second-order valence-corrected chi connectivity index (χ2v) is 36.8. The molecule has 0 unspecified atom stereocenters. The van der Waals surface area contributed by atoms with Gasteiger partial charge < -0.3 is 30.0 Å². The summed E-state index contributed by atoms with van der Waals surface area (Å²) in [4.78, 5) is 49.1. The van der Waals surface area contributed by atoms with Gasteiger partial charge in [0.2, 0.25) is 0 Å². The third-order valence-electron chi connectivity index (χ3n) is 12.3. The molecule has 71 heavy (non-hydrogen) atoms. The van der Waals surface area contributed by atoms with Gasteiger partial charge in [-0.15, -0.1) is 0 Å². The molecule has 0 saturated heterocycles. The average molecular weight is 1120 g/mol. The molecule has 0 atom stereocenters. The fourth-order valence-corrected chi connectivity index (χ4v) is 10.8. The Balaban J connectivity index is 0.000000257. The van der Waals surface area contributed by atoms with Crippen molar-refractivity contribution < 1.29 is 28.5 Å². The van der Waals surface area contributed by atoms with Crippen molar-refractivity contribution >= 4 is 94.5 Å². The Morgan fingerprint density at radius 1 is 0.648 bits per heavy atom. The number of carbonyl (C=O) groups is 2. The Morgan fingerprint density at radius 3 is 1.48 bits per heavy atom. The number of carbonyl (C=O) groups excluding carboxylic acids is 2. The molecular formula is C54H83BrCl2N4O8Si2. The van der Waals surface area contributed by atoms with Crippen molar-refractivity contribution in [3.63, 3.8) is 0 Å². The van der Waals surface area contributed by atoms with E-state index < -0.39 is 21.7 Å². The molecule has 396 valence electrons. The molecule has 12 nitrogen and oxygen atoms in total. The molecule has 17 heteroatoms. The number of rotatable bonds is 16. The van der Waals surface area contributed by atoms with Gasteiger partial charge in [-0.05, 0) is 153 Å². The molecule has 6 rings (SSSR count). The highest BCUT2D eigenvalue weighted by molar-refractivity contribution is 9.10. The third-order valence-corrected chi connectivity index (χ3v) is 16.9. The third kappa shape index (κ3) is 22.2. The first-order valence-corrected chi connectivity index (χ1v) is 34.3. The normalized spacial score (nSPS) is 18.8. The molecule has 2 aromatic heterocycles. The predicted molar refractivity (Wildman–Crippen MR) is 303 cm³/mol. The summed E-state index contributed by atoms with van der Waals surface area (Å²) in [5.41, 5.74) is 5.81. The Bertz CT molecular complexity index is 2500. The number of halogens is 3. The molecule has 2 aliphatic carbocycles. The van der Waals surface area contributed by atoms with E-state index in [0.717, 1.165) is 84.4 Å².